The van der Waals surface area contributed by atoms with Gasteiger partial charge in [0.2, 0.25) is 0 Å². The molecule has 2 atom stereocenters. The maximum Gasteiger partial charge on any atom is 0.150 e. The van der Waals surface area contributed by atoms with Crippen LogP contribution in [0.4, 0.5) is 0 Å². The second-order valence-electron chi connectivity index (χ2n) is 4.57. The van der Waals surface area contributed by atoms with E-state index in [1.807, 2.05) is 19.1 Å². The first-order valence-electron chi connectivity index (χ1n) is 5.49. The van der Waals surface area contributed by atoms with Crippen molar-refractivity contribution in [1.82, 2.24) is 0 Å². The van der Waals surface area contributed by atoms with Gasteiger partial charge in [-0.1, -0.05) is 44.0 Å². The van der Waals surface area contributed by atoms with Gasteiger partial charge in [-0.15, -0.1) is 0 Å². The van der Waals surface area contributed by atoms with E-state index in [4.69, 9.17) is 0 Å². The van der Waals surface area contributed by atoms with Crippen LogP contribution < -0.4 is 0 Å². The molecule has 1 aliphatic heterocycles. The van der Waals surface area contributed by atoms with Gasteiger partial charge in [-0.25, -0.2) is 8.42 Å². The van der Waals surface area contributed by atoms with Crippen LogP contribution in [0.3, 0.4) is 0 Å². The molecule has 0 aromatic heterocycles. The third-order valence-corrected chi connectivity index (χ3v) is 7.14. The quantitative estimate of drug-likeness (QED) is 0.733. The first-order chi connectivity index (χ1) is 7.89. The van der Waals surface area contributed by atoms with Crippen LogP contribution in [-0.4, -0.2) is 19.9 Å². The lowest BCUT2D eigenvalue weighted by atomic mass is 9.98. The van der Waals surface area contributed by atoms with Crippen molar-refractivity contribution in [3.8, 4) is 0 Å². The molecule has 0 aliphatic carbocycles. The zero-order valence-corrected chi connectivity index (χ0v) is 13.5. The normalized spacial score (nSPS) is 24.8. The molecule has 1 saturated heterocycles. The summed E-state index contributed by atoms with van der Waals surface area (Å²) in [5.41, 5.74) is 2.33. The highest BCUT2D eigenvalue weighted by atomic mass is 79.9. The third kappa shape index (κ3) is 3.12. The fraction of sp³-hybridized carbons (Fsp3) is 0.500. The highest BCUT2D eigenvalue weighted by molar-refractivity contribution is 9.10. The molecule has 17 heavy (non-hydrogen) atoms. The number of rotatable bonds is 2. The van der Waals surface area contributed by atoms with Crippen LogP contribution in [0, 0.1) is 12.8 Å². The molecular formula is C12H14Br2O2S. The average molecular weight is 382 g/mol. The zero-order valence-electron chi connectivity index (χ0n) is 9.49. The maximum absolute atomic E-state index is 11.5. The molecule has 2 unspecified atom stereocenters. The van der Waals surface area contributed by atoms with Crippen molar-refractivity contribution >= 4 is 41.7 Å². The molecule has 0 saturated carbocycles. The SMILES string of the molecule is Cc1cc(C(Br)C2CCS(=O)(=O)C2)ccc1Br. The Kier molecular flexibility index (Phi) is 4.00. The Bertz CT molecular complexity index is 525. The summed E-state index contributed by atoms with van der Waals surface area (Å²) in [5, 5.41) is 0. The van der Waals surface area contributed by atoms with E-state index in [-0.39, 0.29) is 10.7 Å². The van der Waals surface area contributed by atoms with E-state index in [1.165, 1.54) is 5.56 Å². The molecule has 0 amide bonds. The van der Waals surface area contributed by atoms with Gasteiger partial charge in [0.15, 0.2) is 9.84 Å². The van der Waals surface area contributed by atoms with Crippen LogP contribution in [-0.2, 0) is 9.84 Å². The standard InChI is InChI=1S/C12H14Br2O2S/c1-8-6-9(2-3-11(8)13)12(14)10-4-5-17(15,16)7-10/h2-3,6,10,12H,4-5,7H2,1H3. The van der Waals surface area contributed by atoms with Crippen LogP contribution in [0.15, 0.2) is 22.7 Å². The van der Waals surface area contributed by atoms with E-state index in [1.54, 1.807) is 0 Å². The van der Waals surface area contributed by atoms with Crippen LogP contribution in [0.1, 0.15) is 22.4 Å². The summed E-state index contributed by atoms with van der Waals surface area (Å²) in [5.74, 6) is 0.827. The number of aryl methyl sites for hydroxylation is 1. The van der Waals surface area contributed by atoms with E-state index in [2.05, 4.69) is 37.9 Å². The minimum absolute atomic E-state index is 0.131. The highest BCUT2D eigenvalue weighted by Gasteiger charge is 2.33. The molecule has 0 N–H and O–H groups in total. The van der Waals surface area contributed by atoms with Gasteiger partial charge in [-0.3, -0.25) is 0 Å². The van der Waals surface area contributed by atoms with Crippen molar-refractivity contribution < 1.29 is 8.42 Å². The van der Waals surface area contributed by atoms with Crippen LogP contribution >= 0.6 is 31.9 Å². The highest BCUT2D eigenvalue weighted by Crippen LogP contribution is 2.38. The first kappa shape index (κ1) is 13.6. The molecule has 2 rings (SSSR count). The monoisotopic (exact) mass is 380 g/mol. The van der Waals surface area contributed by atoms with Gasteiger partial charge in [-0.05, 0) is 36.5 Å². The smallest absolute Gasteiger partial charge is 0.150 e. The van der Waals surface area contributed by atoms with Crippen molar-refractivity contribution in [3.63, 3.8) is 0 Å². The Morgan fingerprint density at radius 3 is 2.65 bits per heavy atom. The molecule has 1 fully saturated rings. The van der Waals surface area contributed by atoms with Crippen LogP contribution in [0.5, 0.6) is 0 Å². The number of benzene rings is 1. The molecule has 0 radical (unpaired) electrons. The zero-order chi connectivity index (χ0) is 12.6. The summed E-state index contributed by atoms with van der Waals surface area (Å²) in [7, 11) is -2.81. The lowest BCUT2D eigenvalue weighted by Gasteiger charge is -2.17. The lowest BCUT2D eigenvalue weighted by Crippen LogP contribution is -2.10. The van der Waals surface area contributed by atoms with E-state index >= 15 is 0 Å². The van der Waals surface area contributed by atoms with Crippen molar-refractivity contribution in [2.24, 2.45) is 5.92 Å². The second kappa shape index (κ2) is 5.02. The Balaban J connectivity index is 2.20. The number of hydrogen-bond donors (Lipinski definition) is 0. The lowest BCUT2D eigenvalue weighted by molar-refractivity contribution is 0.579. The average Bonchev–Trinajstić information content (AvgIpc) is 2.62. The molecule has 1 aliphatic rings. The molecule has 0 bridgehead atoms. The summed E-state index contributed by atoms with van der Waals surface area (Å²) in [6, 6.07) is 6.16. The summed E-state index contributed by atoms with van der Waals surface area (Å²) < 4.78 is 24.0. The van der Waals surface area contributed by atoms with Gasteiger partial charge >= 0.3 is 0 Å². The fourth-order valence-corrected chi connectivity index (χ4v) is 5.24. The van der Waals surface area contributed by atoms with Crippen LogP contribution in [0.25, 0.3) is 0 Å². The van der Waals surface area contributed by atoms with E-state index in [9.17, 15) is 8.42 Å². The van der Waals surface area contributed by atoms with Gasteiger partial charge in [0.05, 0.1) is 11.5 Å². The van der Waals surface area contributed by atoms with Crippen molar-refractivity contribution in [2.75, 3.05) is 11.5 Å². The van der Waals surface area contributed by atoms with Gasteiger partial charge in [0.25, 0.3) is 0 Å². The topological polar surface area (TPSA) is 34.1 Å². The van der Waals surface area contributed by atoms with Gasteiger partial charge < -0.3 is 0 Å². The number of halogens is 2. The first-order valence-corrected chi connectivity index (χ1v) is 9.02. The Morgan fingerprint density at radius 1 is 1.41 bits per heavy atom. The minimum atomic E-state index is -2.81. The predicted octanol–water partition coefficient (Wildman–Crippen LogP) is 3.63. The van der Waals surface area contributed by atoms with Gasteiger partial charge in [0.1, 0.15) is 0 Å². The summed E-state index contributed by atoms with van der Waals surface area (Å²) in [6.45, 7) is 2.04. The Labute approximate surface area is 119 Å². The molecule has 0 spiro atoms. The minimum Gasteiger partial charge on any atom is -0.229 e. The third-order valence-electron chi connectivity index (χ3n) is 3.18. The molecule has 1 aromatic carbocycles. The van der Waals surface area contributed by atoms with Crippen molar-refractivity contribution in [1.29, 1.82) is 0 Å². The Morgan fingerprint density at radius 2 is 2.12 bits per heavy atom. The molecule has 1 aromatic rings. The molecule has 94 valence electrons. The van der Waals surface area contributed by atoms with Gasteiger partial charge in [-0.2, -0.15) is 0 Å². The largest absolute Gasteiger partial charge is 0.229 e. The number of alkyl halides is 1. The summed E-state index contributed by atoms with van der Waals surface area (Å²) in [4.78, 5) is 0.131. The van der Waals surface area contributed by atoms with Crippen LogP contribution in [0.2, 0.25) is 0 Å². The predicted molar refractivity (Wildman–Crippen MR) is 77.3 cm³/mol. The number of sulfone groups is 1. The molecule has 2 nitrogen and oxygen atoms in total. The maximum atomic E-state index is 11.5. The molecule has 1 heterocycles. The van der Waals surface area contributed by atoms with E-state index in [0.29, 0.717) is 11.5 Å². The van der Waals surface area contributed by atoms with E-state index in [0.717, 1.165) is 16.5 Å². The summed E-state index contributed by atoms with van der Waals surface area (Å²) >= 11 is 7.11. The van der Waals surface area contributed by atoms with E-state index < -0.39 is 9.84 Å². The molecule has 5 heteroatoms. The van der Waals surface area contributed by atoms with Crippen molar-refractivity contribution in [2.45, 2.75) is 18.2 Å². The van der Waals surface area contributed by atoms with Gasteiger partial charge in [0, 0.05) is 9.30 Å². The van der Waals surface area contributed by atoms with Crippen molar-refractivity contribution in [3.05, 3.63) is 33.8 Å². The fourth-order valence-electron chi connectivity index (χ4n) is 2.17. The summed E-state index contributed by atoms with van der Waals surface area (Å²) in [6.07, 6.45) is 0.757. The Hall–Kier alpha value is 0.130. The number of hydrogen-bond acceptors (Lipinski definition) is 2. The molecular weight excluding hydrogens is 368 g/mol. The second-order valence-corrected chi connectivity index (χ2v) is 8.64.